The Labute approximate surface area is 108 Å². The molecule has 0 bridgehead atoms. The first-order valence-electron chi connectivity index (χ1n) is 5.24. The number of halogens is 2. The molecule has 1 aliphatic rings. The lowest BCUT2D eigenvalue weighted by Gasteiger charge is -2.13. The monoisotopic (exact) mass is 307 g/mol. The van der Waals surface area contributed by atoms with Crippen LogP contribution in [0.3, 0.4) is 0 Å². The van der Waals surface area contributed by atoms with Gasteiger partial charge in [-0.3, -0.25) is 0 Å². The van der Waals surface area contributed by atoms with Gasteiger partial charge < -0.3 is 5.32 Å². The van der Waals surface area contributed by atoms with Crippen molar-refractivity contribution in [1.82, 2.24) is 5.32 Å². The molecular formula is C11H15BrClNS. The topological polar surface area (TPSA) is 12.0 Å². The standard InChI is InChI=1S/C11H15BrClNS/c12-9-1-6-15-10(9)7-14-8-11(2-3-11)4-5-13/h1,6,14H,2-5,7-8H2. The summed E-state index contributed by atoms with van der Waals surface area (Å²) >= 11 is 11.1. The molecule has 84 valence electrons. The van der Waals surface area contributed by atoms with Crippen molar-refractivity contribution in [2.45, 2.75) is 25.8 Å². The third-order valence-corrected chi connectivity index (χ3v) is 5.17. The molecule has 0 aromatic carbocycles. The fourth-order valence-corrected chi connectivity index (χ4v) is 3.65. The van der Waals surface area contributed by atoms with Crippen molar-refractivity contribution in [2.75, 3.05) is 12.4 Å². The van der Waals surface area contributed by atoms with Crippen molar-refractivity contribution in [2.24, 2.45) is 5.41 Å². The molecule has 0 unspecified atom stereocenters. The zero-order valence-corrected chi connectivity index (χ0v) is 11.7. The van der Waals surface area contributed by atoms with E-state index < -0.39 is 0 Å². The number of hydrogen-bond donors (Lipinski definition) is 1. The maximum atomic E-state index is 5.80. The Bertz CT molecular complexity index is 322. The summed E-state index contributed by atoms with van der Waals surface area (Å²) < 4.78 is 1.22. The average Bonchev–Trinajstić information content (AvgIpc) is 2.85. The van der Waals surface area contributed by atoms with Gasteiger partial charge in [0.2, 0.25) is 0 Å². The van der Waals surface area contributed by atoms with Crippen LogP contribution in [0.25, 0.3) is 0 Å². The molecular weight excluding hydrogens is 294 g/mol. The van der Waals surface area contributed by atoms with Crippen LogP contribution < -0.4 is 5.32 Å². The first-order valence-corrected chi connectivity index (χ1v) is 7.45. The van der Waals surface area contributed by atoms with Gasteiger partial charge in [0.1, 0.15) is 0 Å². The molecule has 4 heteroatoms. The lowest BCUT2D eigenvalue weighted by molar-refractivity contribution is 0.446. The highest BCUT2D eigenvalue weighted by molar-refractivity contribution is 9.10. The van der Waals surface area contributed by atoms with E-state index in [9.17, 15) is 0 Å². The van der Waals surface area contributed by atoms with Crippen LogP contribution in [0.1, 0.15) is 24.1 Å². The van der Waals surface area contributed by atoms with Crippen molar-refractivity contribution in [3.05, 3.63) is 20.8 Å². The maximum absolute atomic E-state index is 5.80. The normalized spacial score (nSPS) is 18.0. The van der Waals surface area contributed by atoms with Crippen LogP contribution in [0, 0.1) is 5.41 Å². The first-order chi connectivity index (χ1) is 7.26. The fraction of sp³-hybridized carbons (Fsp3) is 0.636. The van der Waals surface area contributed by atoms with Crippen molar-refractivity contribution in [3.8, 4) is 0 Å². The molecule has 1 fully saturated rings. The van der Waals surface area contributed by atoms with Gasteiger partial charge in [-0.05, 0) is 52.1 Å². The third-order valence-electron chi connectivity index (χ3n) is 3.06. The molecule has 0 spiro atoms. The molecule has 0 amide bonds. The Morgan fingerprint density at radius 1 is 1.53 bits per heavy atom. The van der Waals surface area contributed by atoms with E-state index >= 15 is 0 Å². The van der Waals surface area contributed by atoms with Crippen LogP contribution in [0.4, 0.5) is 0 Å². The van der Waals surface area contributed by atoms with E-state index in [-0.39, 0.29) is 0 Å². The molecule has 1 aromatic rings. The fourth-order valence-electron chi connectivity index (χ4n) is 1.78. The van der Waals surface area contributed by atoms with Crippen molar-refractivity contribution < 1.29 is 0 Å². The van der Waals surface area contributed by atoms with Crippen molar-refractivity contribution >= 4 is 38.9 Å². The van der Waals surface area contributed by atoms with Crippen LogP contribution in [-0.2, 0) is 6.54 Å². The SMILES string of the molecule is ClCCC1(CNCc2sccc2Br)CC1. The summed E-state index contributed by atoms with van der Waals surface area (Å²) in [4.78, 5) is 1.39. The highest BCUT2D eigenvalue weighted by atomic mass is 79.9. The summed E-state index contributed by atoms with van der Waals surface area (Å²) in [5, 5.41) is 5.66. The van der Waals surface area contributed by atoms with Gasteiger partial charge in [-0.1, -0.05) is 0 Å². The summed E-state index contributed by atoms with van der Waals surface area (Å²) in [5.74, 6) is 0.796. The van der Waals surface area contributed by atoms with Gasteiger partial charge in [0.15, 0.2) is 0 Å². The minimum absolute atomic E-state index is 0.533. The van der Waals surface area contributed by atoms with Crippen molar-refractivity contribution in [3.63, 3.8) is 0 Å². The molecule has 0 atom stereocenters. The van der Waals surface area contributed by atoms with E-state index in [1.807, 2.05) is 0 Å². The lowest BCUT2D eigenvalue weighted by atomic mass is 10.0. The summed E-state index contributed by atoms with van der Waals surface area (Å²) in [6.07, 6.45) is 3.85. The summed E-state index contributed by atoms with van der Waals surface area (Å²) in [5.41, 5.74) is 0.533. The van der Waals surface area contributed by atoms with Gasteiger partial charge in [0, 0.05) is 28.3 Å². The molecule has 0 saturated heterocycles. The van der Waals surface area contributed by atoms with E-state index in [1.165, 1.54) is 22.2 Å². The molecule has 2 rings (SSSR count). The molecule has 1 N–H and O–H groups in total. The predicted molar refractivity (Wildman–Crippen MR) is 70.7 cm³/mol. The smallest absolute Gasteiger partial charge is 0.0327 e. The second kappa shape index (κ2) is 5.17. The molecule has 1 nitrogen and oxygen atoms in total. The van der Waals surface area contributed by atoms with Crippen LogP contribution in [-0.4, -0.2) is 12.4 Å². The quantitative estimate of drug-likeness (QED) is 0.783. The number of nitrogens with one attached hydrogen (secondary N) is 1. The van der Waals surface area contributed by atoms with Gasteiger partial charge in [-0.2, -0.15) is 0 Å². The number of hydrogen-bond acceptors (Lipinski definition) is 2. The molecule has 0 radical (unpaired) electrons. The number of rotatable bonds is 6. The molecule has 1 saturated carbocycles. The minimum Gasteiger partial charge on any atom is -0.311 e. The number of alkyl halides is 1. The Kier molecular flexibility index (Phi) is 4.10. The summed E-state index contributed by atoms with van der Waals surface area (Å²) in [6.45, 7) is 2.09. The molecule has 1 aromatic heterocycles. The van der Waals surface area contributed by atoms with Gasteiger partial charge in [0.25, 0.3) is 0 Å². The Morgan fingerprint density at radius 3 is 2.87 bits per heavy atom. The molecule has 1 heterocycles. The van der Waals surface area contributed by atoms with Gasteiger partial charge in [-0.15, -0.1) is 22.9 Å². The van der Waals surface area contributed by atoms with Crippen LogP contribution in [0.2, 0.25) is 0 Å². The van der Waals surface area contributed by atoms with E-state index in [4.69, 9.17) is 11.6 Å². The lowest BCUT2D eigenvalue weighted by Crippen LogP contribution is -2.23. The first kappa shape index (κ1) is 11.9. The zero-order chi connectivity index (χ0) is 10.7. The largest absolute Gasteiger partial charge is 0.311 e. The van der Waals surface area contributed by atoms with E-state index in [1.54, 1.807) is 11.3 Å². The van der Waals surface area contributed by atoms with Crippen LogP contribution in [0.15, 0.2) is 15.9 Å². The third kappa shape index (κ3) is 3.19. The zero-order valence-electron chi connectivity index (χ0n) is 8.56. The maximum Gasteiger partial charge on any atom is 0.0327 e. The van der Waals surface area contributed by atoms with E-state index in [0.717, 1.165) is 25.4 Å². The Balaban J connectivity index is 1.73. The van der Waals surface area contributed by atoms with Crippen LogP contribution in [0.5, 0.6) is 0 Å². The van der Waals surface area contributed by atoms with E-state index in [2.05, 4.69) is 32.7 Å². The van der Waals surface area contributed by atoms with Crippen molar-refractivity contribution in [1.29, 1.82) is 0 Å². The molecule has 1 aliphatic carbocycles. The Morgan fingerprint density at radius 2 is 2.33 bits per heavy atom. The van der Waals surface area contributed by atoms with Gasteiger partial charge >= 0.3 is 0 Å². The Hall–Kier alpha value is 0.430. The predicted octanol–water partition coefficient (Wildman–Crippen LogP) is 4.01. The van der Waals surface area contributed by atoms with Gasteiger partial charge in [0.05, 0.1) is 0 Å². The average molecular weight is 309 g/mol. The second-order valence-electron chi connectivity index (χ2n) is 4.23. The molecule has 0 aliphatic heterocycles. The highest BCUT2D eigenvalue weighted by Gasteiger charge is 2.41. The highest BCUT2D eigenvalue weighted by Crippen LogP contribution is 2.48. The van der Waals surface area contributed by atoms with Gasteiger partial charge in [-0.25, -0.2) is 0 Å². The summed E-state index contributed by atoms with van der Waals surface area (Å²) in [7, 11) is 0. The second-order valence-corrected chi connectivity index (χ2v) is 6.47. The van der Waals surface area contributed by atoms with E-state index in [0.29, 0.717) is 5.41 Å². The minimum atomic E-state index is 0.533. The summed E-state index contributed by atoms with van der Waals surface area (Å²) in [6, 6.07) is 2.10. The number of thiophene rings is 1. The van der Waals surface area contributed by atoms with Crippen LogP contribution >= 0.6 is 38.9 Å². The molecule has 15 heavy (non-hydrogen) atoms.